The van der Waals surface area contributed by atoms with Crippen LogP contribution >= 0.6 is 0 Å². The van der Waals surface area contributed by atoms with Gasteiger partial charge in [0.05, 0.1) is 5.41 Å². The molecule has 0 bridgehead atoms. The summed E-state index contributed by atoms with van der Waals surface area (Å²) >= 11 is 0. The van der Waals surface area contributed by atoms with E-state index in [1.54, 1.807) is 0 Å². The Morgan fingerprint density at radius 2 is 1.94 bits per heavy atom. The average Bonchev–Trinajstić information content (AvgIpc) is 2.37. The van der Waals surface area contributed by atoms with Gasteiger partial charge in [-0.05, 0) is 30.5 Å². The first-order valence-electron chi connectivity index (χ1n) is 6.17. The Balaban J connectivity index is 1.98. The molecule has 0 atom stereocenters. The first kappa shape index (κ1) is 11.3. The molecule has 0 saturated heterocycles. The number of rotatable bonds is 2. The van der Waals surface area contributed by atoms with Crippen LogP contribution in [0, 0.1) is 0 Å². The van der Waals surface area contributed by atoms with Crippen LogP contribution in [0.4, 0.5) is 0 Å². The van der Waals surface area contributed by atoms with Crippen molar-refractivity contribution in [3.8, 4) is 11.5 Å². The van der Waals surface area contributed by atoms with Crippen LogP contribution in [-0.4, -0.2) is 19.1 Å². The summed E-state index contributed by atoms with van der Waals surface area (Å²) in [4.78, 5) is 12.0. The van der Waals surface area contributed by atoms with Crippen LogP contribution in [-0.2, 0) is 10.2 Å². The van der Waals surface area contributed by atoms with Gasteiger partial charge in [0, 0.05) is 0 Å². The zero-order valence-corrected chi connectivity index (χ0v) is 10.1. The zero-order valence-electron chi connectivity index (χ0n) is 10.1. The Hall–Kier alpha value is -1.75. The third-order valence-electron chi connectivity index (χ3n) is 3.87. The van der Waals surface area contributed by atoms with E-state index in [2.05, 4.69) is 5.43 Å². The van der Waals surface area contributed by atoms with Crippen molar-refractivity contribution in [1.29, 1.82) is 0 Å². The summed E-state index contributed by atoms with van der Waals surface area (Å²) in [6, 6.07) is 5.71. The lowest BCUT2D eigenvalue weighted by Crippen LogP contribution is -2.51. The van der Waals surface area contributed by atoms with Gasteiger partial charge in [0.1, 0.15) is 13.2 Å². The molecule has 18 heavy (non-hydrogen) atoms. The maximum absolute atomic E-state index is 12.0. The number of hydrazine groups is 1. The summed E-state index contributed by atoms with van der Waals surface area (Å²) in [7, 11) is 0. The van der Waals surface area contributed by atoms with Crippen molar-refractivity contribution in [2.75, 3.05) is 13.2 Å². The van der Waals surface area contributed by atoms with E-state index in [9.17, 15) is 4.79 Å². The highest BCUT2D eigenvalue weighted by atomic mass is 16.6. The number of carbonyl (C=O) groups is 1. The number of nitrogens with one attached hydrogen (secondary N) is 1. The van der Waals surface area contributed by atoms with Crippen molar-refractivity contribution in [3.63, 3.8) is 0 Å². The quantitative estimate of drug-likeness (QED) is 0.462. The third kappa shape index (κ3) is 1.54. The summed E-state index contributed by atoms with van der Waals surface area (Å²) in [6.07, 6.45) is 2.70. The molecule has 1 aromatic carbocycles. The zero-order chi connectivity index (χ0) is 12.6. The topological polar surface area (TPSA) is 73.6 Å². The van der Waals surface area contributed by atoms with Crippen molar-refractivity contribution < 1.29 is 14.3 Å². The van der Waals surface area contributed by atoms with Gasteiger partial charge in [-0.25, -0.2) is 5.84 Å². The number of nitrogens with two attached hydrogens (primary N) is 1. The van der Waals surface area contributed by atoms with E-state index in [0.29, 0.717) is 13.2 Å². The number of ether oxygens (including phenoxy) is 2. The SMILES string of the molecule is NNC(=O)C1(c2ccc3c(c2)OCCO3)CCC1. The summed E-state index contributed by atoms with van der Waals surface area (Å²) in [6.45, 7) is 1.12. The molecular formula is C13H16N2O3. The largest absolute Gasteiger partial charge is 0.486 e. The molecule has 1 amide bonds. The second-order valence-corrected chi connectivity index (χ2v) is 4.77. The van der Waals surface area contributed by atoms with Gasteiger partial charge in [-0.15, -0.1) is 0 Å². The second-order valence-electron chi connectivity index (χ2n) is 4.77. The molecule has 0 unspecified atom stereocenters. The number of hydrogen-bond donors (Lipinski definition) is 2. The molecule has 0 spiro atoms. The van der Waals surface area contributed by atoms with Crippen molar-refractivity contribution in [1.82, 2.24) is 5.43 Å². The number of carbonyl (C=O) groups excluding carboxylic acids is 1. The van der Waals surface area contributed by atoms with Gasteiger partial charge >= 0.3 is 0 Å². The Morgan fingerprint density at radius 1 is 1.22 bits per heavy atom. The van der Waals surface area contributed by atoms with E-state index >= 15 is 0 Å². The molecule has 1 heterocycles. The summed E-state index contributed by atoms with van der Waals surface area (Å²) < 4.78 is 11.0. The van der Waals surface area contributed by atoms with Crippen molar-refractivity contribution in [2.45, 2.75) is 24.7 Å². The molecule has 1 saturated carbocycles. The minimum atomic E-state index is -0.482. The number of fused-ring (bicyclic) bond motifs is 1. The minimum Gasteiger partial charge on any atom is -0.486 e. The predicted octanol–water partition coefficient (Wildman–Crippen LogP) is 0.869. The van der Waals surface area contributed by atoms with Gasteiger partial charge in [0.25, 0.3) is 0 Å². The molecule has 5 heteroatoms. The van der Waals surface area contributed by atoms with Crippen LogP contribution < -0.4 is 20.7 Å². The Morgan fingerprint density at radius 3 is 2.56 bits per heavy atom. The monoisotopic (exact) mass is 248 g/mol. The molecule has 96 valence electrons. The highest BCUT2D eigenvalue weighted by Gasteiger charge is 2.45. The average molecular weight is 248 g/mol. The molecule has 1 aromatic rings. The molecule has 1 aliphatic carbocycles. The summed E-state index contributed by atoms with van der Waals surface area (Å²) in [5, 5.41) is 0. The van der Waals surface area contributed by atoms with Gasteiger partial charge in [-0.2, -0.15) is 0 Å². The van der Waals surface area contributed by atoms with Gasteiger partial charge < -0.3 is 9.47 Å². The fourth-order valence-corrected chi connectivity index (χ4v) is 2.66. The molecule has 3 rings (SSSR count). The predicted molar refractivity (Wildman–Crippen MR) is 65.3 cm³/mol. The molecule has 5 nitrogen and oxygen atoms in total. The lowest BCUT2D eigenvalue weighted by Gasteiger charge is -2.40. The normalized spacial score (nSPS) is 19.8. The highest BCUT2D eigenvalue weighted by Crippen LogP contribution is 2.46. The van der Waals surface area contributed by atoms with Crippen LogP contribution in [0.2, 0.25) is 0 Å². The fraction of sp³-hybridized carbons (Fsp3) is 0.462. The van der Waals surface area contributed by atoms with E-state index in [0.717, 1.165) is 36.3 Å². The van der Waals surface area contributed by atoms with Crippen molar-refractivity contribution in [2.24, 2.45) is 5.84 Å². The molecule has 1 aliphatic heterocycles. The molecule has 0 radical (unpaired) electrons. The fourth-order valence-electron chi connectivity index (χ4n) is 2.66. The lowest BCUT2D eigenvalue weighted by atomic mass is 9.64. The Labute approximate surface area is 105 Å². The Kier molecular flexibility index (Phi) is 2.63. The van der Waals surface area contributed by atoms with Crippen LogP contribution in [0.5, 0.6) is 11.5 Å². The van der Waals surface area contributed by atoms with E-state index in [1.165, 1.54) is 0 Å². The van der Waals surface area contributed by atoms with Gasteiger partial charge in [-0.3, -0.25) is 10.2 Å². The van der Waals surface area contributed by atoms with Gasteiger partial charge in [0.2, 0.25) is 5.91 Å². The molecule has 3 N–H and O–H groups in total. The van der Waals surface area contributed by atoms with Gasteiger partial charge in [0.15, 0.2) is 11.5 Å². The van der Waals surface area contributed by atoms with E-state index in [4.69, 9.17) is 15.3 Å². The number of hydrogen-bond acceptors (Lipinski definition) is 4. The van der Waals surface area contributed by atoms with E-state index < -0.39 is 5.41 Å². The standard InChI is InChI=1S/C13H16N2O3/c14-15-12(16)13(4-1-5-13)9-2-3-10-11(8-9)18-7-6-17-10/h2-3,8H,1,4-7,14H2,(H,15,16). The van der Waals surface area contributed by atoms with E-state index in [-0.39, 0.29) is 5.91 Å². The van der Waals surface area contributed by atoms with Crippen molar-refractivity contribution in [3.05, 3.63) is 23.8 Å². The summed E-state index contributed by atoms with van der Waals surface area (Å²) in [5.41, 5.74) is 2.75. The minimum absolute atomic E-state index is 0.120. The maximum Gasteiger partial charge on any atom is 0.244 e. The first-order valence-corrected chi connectivity index (χ1v) is 6.17. The number of benzene rings is 1. The van der Waals surface area contributed by atoms with Crippen LogP contribution in [0.15, 0.2) is 18.2 Å². The summed E-state index contributed by atoms with van der Waals surface area (Å²) in [5.74, 6) is 6.63. The smallest absolute Gasteiger partial charge is 0.244 e. The van der Waals surface area contributed by atoms with E-state index in [1.807, 2.05) is 18.2 Å². The first-order chi connectivity index (χ1) is 8.76. The second kappa shape index (κ2) is 4.17. The van der Waals surface area contributed by atoms with Crippen LogP contribution in [0.1, 0.15) is 24.8 Å². The molecular weight excluding hydrogens is 232 g/mol. The van der Waals surface area contributed by atoms with Crippen LogP contribution in [0.25, 0.3) is 0 Å². The lowest BCUT2D eigenvalue weighted by molar-refractivity contribution is -0.130. The van der Waals surface area contributed by atoms with Gasteiger partial charge in [-0.1, -0.05) is 12.5 Å². The highest BCUT2D eigenvalue weighted by molar-refractivity contribution is 5.89. The number of amides is 1. The van der Waals surface area contributed by atoms with Crippen molar-refractivity contribution >= 4 is 5.91 Å². The third-order valence-corrected chi connectivity index (χ3v) is 3.87. The molecule has 2 aliphatic rings. The molecule has 0 aromatic heterocycles. The Bertz CT molecular complexity index is 483. The van der Waals surface area contributed by atoms with Crippen LogP contribution in [0.3, 0.4) is 0 Å². The maximum atomic E-state index is 12.0. The molecule has 1 fully saturated rings.